The highest BCUT2D eigenvalue weighted by Gasteiger charge is 2.28. The van der Waals surface area contributed by atoms with Crippen LogP contribution in [0.25, 0.3) is 0 Å². The van der Waals surface area contributed by atoms with E-state index in [0.717, 1.165) is 19.1 Å². The van der Waals surface area contributed by atoms with Crippen molar-refractivity contribution in [2.24, 2.45) is 0 Å². The molecule has 3 aliphatic rings. The lowest BCUT2D eigenvalue weighted by Gasteiger charge is -2.44. The minimum atomic E-state index is 0.806. The summed E-state index contributed by atoms with van der Waals surface area (Å²) in [5, 5.41) is 12.0. The molecule has 1 atom stereocenters. The summed E-state index contributed by atoms with van der Waals surface area (Å²) in [7, 11) is 0. The van der Waals surface area contributed by atoms with Crippen LogP contribution in [0.2, 0.25) is 0 Å². The van der Waals surface area contributed by atoms with Crippen LogP contribution < -0.4 is 10.6 Å². The van der Waals surface area contributed by atoms with Crippen molar-refractivity contribution in [1.82, 2.24) is 25.6 Å². The van der Waals surface area contributed by atoms with Crippen molar-refractivity contribution in [3.05, 3.63) is 0 Å². The highest BCUT2D eigenvalue weighted by Crippen LogP contribution is 2.13. The molecule has 5 nitrogen and oxygen atoms in total. The summed E-state index contributed by atoms with van der Waals surface area (Å²) in [4.78, 5) is 2.68. The maximum atomic E-state index is 3.47. The zero-order valence-electron chi connectivity index (χ0n) is 10.7. The van der Waals surface area contributed by atoms with Gasteiger partial charge in [-0.3, -0.25) is 4.90 Å². The van der Waals surface area contributed by atoms with Crippen molar-refractivity contribution < 1.29 is 0 Å². The Morgan fingerprint density at radius 1 is 0.706 bits per heavy atom. The van der Waals surface area contributed by atoms with Crippen LogP contribution in [0.1, 0.15) is 6.42 Å². The van der Waals surface area contributed by atoms with Crippen LogP contribution in [0.3, 0.4) is 0 Å². The number of hydrogen-bond acceptors (Lipinski definition) is 5. The topological polar surface area (TPSA) is 33.8 Å². The van der Waals surface area contributed by atoms with Crippen molar-refractivity contribution in [3.63, 3.8) is 0 Å². The second-order valence-electron chi connectivity index (χ2n) is 5.34. The molecule has 0 aromatic heterocycles. The molecule has 0 aromatic rings. The smallest absolute Gasteiger partial charge is 0.0261 e. The number of hydrogen-bond donors (Lipinski definition) is 2. The summed E-state index contributed by atoms with van der Waals surface area (Å²) in [6.07, 6.45) is 1.34. The van der Waals surface area contributed by atoms with Crippen molar-refractivity contribution in [2.45, 2.75) is 12.5 Å². The molecule has 17 heavy (non-hydrogen) atoms. The Balaban J connectivity index is 1.46. The summed E-state index contributed by atoms with van der Waals surface area (Å²) in [5.41, 5.74) is 0. The van der Waals surface area contributed by atoms with Gasteiger partial charge >= 0.3 is 0 Å². The zero-order chi connectivity index (χ0) is 11.5. The molecule has 3 aliphatic heterocycles. The van der Waals surface area contributed by atoms with Gasteiger partial charge in [0.05, 0.1) is 0 Å². The van der Waals surface area contributed by atoms with Gasteiger partial charge in [0.25, 0.3) is 0 Å². The van der Waals surface area contributed by atoms with Gasteiger partial charge in [-0.15, -0.1) is 0 Å². The molecule has 5 heteroatoms. The Kier molecular flexibility index (Phi) is 3.93. The van der Waals surface area contributed by atoms with Crippen LogP contribution in [0.5, 0.6) is 0 Å². The molecule has 3 saturated heterocycles. The average molecular weight is 239 g/mol. The monoisotopic (exact) mass is 239 g/mol. The highest BCUT2D eigenvalue weighted by molar-refractivity contribution is 4.84. The molecule has 2 N–H and O–H groups in total. The maximum Gasteiger partial charge on any atom is 0.0261 e. The highest BCUT2D eigenvalue weighted by atomic mass is 15.6. The largest absolute Gasteiger partial charge is 0.315 e. The molecule has 98 valence electrons. The van der Waals surface area contributed by atoms with Crippen LogP contribution in [-0.2, 0) is 0 Å². The van der Waals surface area contributed by atoms with Crippen LogP contribution in [0.15, 0.2) is 0 Å². The number of rotatable bonds is 2. The minimum absolute atomic E-state index is 0.806. The van der Waals surface area contributed by atoms with Gasteiger partial charge in [-0.1, -0.05) is 0 Å². The molecular weight excluding hydrogens is 214 g/mol. The molecular formula is C12H25N5. The summed E-state index contributed by atoms with van der Waals surface area (Å²) in [5.74, 6) is 0. The molecule has 0 bridgehead atoms. The van der Waals surface area contributed by atoms with Gasteiger partial charge in [-0.2, -0.15) is 0 Å². The normalized spacial score (nSPS) is 34.2. The van der Waals surface area contributed by atoms with E-state index in [1.54, 1.807) is 0 Å². The Labute approximate surface area is 104 Å². The first-order valence-corrected chi connectivity index (χ1v) is 7.09. The van der Waals surface area contributed by atoms with Crippen molar-refractivity contribution in [2.75, 3.05) is 65.4 Å². The Hall–Kier alpha value is -0.200. The SMILES string of the molecule is C1CN(N2CCN([C@@H]3CCNC3)CC2)CCN1. The van der Waals surface area contributed by atoms with E-state index < -0.39 is 0 Å². The fourth-order valence-corrected chi connectivity index (χ4v) is 3.25. The zero-order valence-corrected chi connectivity index (χ0v) is 10.7. The van der Waals surface area contributed by atoms with Gasteiger partial charge in [-0.05, 0) is 13.0 Å². The van der Waals surface area contributed by atoms with E-state index in [1.165, 1.54) is 58.8 Å². The molecule has 3 fully saturated rings. The molecule has 0 spiro atoms. The van der Waals surface area contributed by atoms with Crippen LogP contribution in [0, 0.1) is 0 Å². The van der Waals surface area contributed by atoms with Crippen LogP contribution in [0.4, 0.5) is 0 Å². The van der Waals surface area contributed by atoms with Gasteiger partial charge in [0, 0.05) is 64.9 Å². The first-order valence-electron chi connectivity index (χ1n) is 7.09. The van der Waals surface area contributed by atoms with E-state index in [0.29, 0.717) is 0 Å². The van der Waals surface area contributed by atoms with Gasteiger partial charge in [-0.25, -0.2) is 10.0 Å². The Morgan fingerprint density at radius 2 is 1.41 bits per heavy atom. The summed E-state index contributed by atoms with van der Waals surface area (Å²) >= 11 is 0. The van der Waals surface area contributed by atoms with E-state index in [1.807, 2.05) is 0 Å². The fourth-order valence-electron chi connectivity index (χ4n) is 3.25. The minimum Gasteiger partial charge on any atom is -0.315 e. The lowest BCUT2D eigenvalue weighted by atomic mass is 10.2. The first-order chi connectivity index (χ1) is 8.43. The van der Waals surface area contributed by atoms with E-state index in [-0.39, 0.29) is 0 Å². The number of nitrogens with one attached hydrogen (secondary N) is 2. The quantitative estimate of drug-likeness (QED) is 0.632. The summed E-state index contributed by atoms with van der Waals surface area (Å²) in [6.45, 7) is 12.0. The third-order valence-electron chi connectivity index (χ3n) is 4.33. The van der Waals surface area contributed by atoms with Crippen molar-refractivity contribution in [3.8, 4) is 0 Å². The van der Waals surface area contributed by atoms with Gasteiger partial charge in [0.2, 0.25) is 0 Å². The predicted octanol–water partition coefficient (Wildman–Crippen LogP) is -1.21. The number of hydrazine groups is 1. The molecule has 0 unspecified atom stereocenters. The average Bonchev–Trinajstić information content (AvgIpc) is 2.94. The second kappa shape index (κ2) is 5.63. The molecule has 0 radical (unpaired) electrons. The first kappa shape index (κ1) is 11.9. The van der Waals surface area contributed by atoms with Crippen LogP contribution >= 0.6 is 0 Å². The number of piperazine rings is 2. The van der Waals surface area contributed by atoms with E-state index >= 15 is 0 Å². The molecule has 0 saturated carbocycles. The van der Waals surface area contributed by atoms with Gasteiger partial charge in [0.15, 0.2) is 0 Å². The fraction of sp³-hybridized carbons (Fsp3) is 1.00. The van der Waals surface area contributed by atoms with E-state index in [2.05, 4.69) is 25.6 Å². The molecule has 0 amide bonds. The Morgan fingerprint density at radius 3 is 2.06 bits per heavy atom. The lowest BCUT2D eigenvalue weighted by molar-refractivity contribution is -0.0689. The van der Waals surface area contributed by atoms with Crippen molar-refractivity contribution in [1.29, 1.82) is 0 Å². The summed E-state index contributed by atoms with van der Waals surface area (Å²) < 4.78 is 0. The molecule has 3 rings (SSSR count). The molecule has 0 aliphatic carbocycles. The molecule has 0 aromatic carbocycles. The van der Waals surface area contributed by atoms with Crippen molar-refractivity contribution >= 4 is 0 Å². The third kappa shape index (κ3) is 2.80. The van der Waals surface area contributed by atoms with Gasteiger partial charge < -0.3 is 10.6 Å². The van der Waals surface area contributed by atoms with E-state index in [9.17, 15) is 0 Å². The second-order valence-corrected chi connectivity index (χ2v) is 5.34. The summed E-state index contributed by atoms with van der Waals surface area (Å²) in [6, 6.07) is 0.806. The standard InChI is InChI=1S/C12H25N5/c1-2-14-11-12(1)15-7-9-17(10-8-15)16-5-3-13-4-6-16/h12-14H,1-11H2/t12-/m1/s1. The van der Waals surface area contributed by atoms with Crippen LogP contribution in [-0.4, -0.2) is 86.4 Å². The maximum absolute atomic E-state index is 3.47. The van der Waals surface area contributed by atoms with E-state index in [4.69, 9.17) is 0 Å². The molecule has 3 heterocycles. The predicted molar refractivity (Wildman–Crippen MR) is 68.9 cm³/mol. The lowest BCUT2D eigenvalue weighted by Crippen LogP contribution is -2.59. The third-order valence-corrected chi connectivity index (χ3v) is 4.33. The number of nitrogens with zero attached hydrogens (tertiary/aromatic N) is 3. The Bertz CT molecular complexity index is 227. The van der Waals surface area contributed by atoms with Gasteiger partial charge in [0.1, 0.15) is 0 Å².